The van der Waals surface area contributed by atoms with Crippen LogP contribution in [0, 0.1) is 5.82 Å². The molecule has 132 valence electrons. The Morgan fingerprint density at radius 2 is 1.88 bits per heavy atom. The van der Waals surface area contributed by atoms with Gasteiger partial charge in [-0.1, -0.05) is 43.1 Å². The van der Waals surface area contributed by atoms with Gasteiger partial charge in [0.05, 0.1) is 15.6 Å². The Kier molecular flexibility index (Phi) is 4.80. The molecule has 0 atom stereocenters. The van der Waals surface area contributed by atoms with Gasteiger partial charge in [0.2, 0.25) is 6.79 Å². The summed E-state index contributed by atoms with van der Waals surface area (Å²) >= 11 is 11.6. The fraction of sp³-hybridized carbons (Fsp3) is 0.278. The maximum atomic E-state index is 13.6. The van der Waals surface area contributed by atoms with E-state index in [-0.39, 0.29) is 27.8 Å². The molecular weight excluding hydrogens is 368 g/mol. The topological polar surface area (TPSA) is 47.6 Å². The molecule has 0 saturated heterocycles. The lowest BCUT2D eigenvalue weighted by Gasteiger charge is -2.26. The van der Waals surface area contributed by atoms with Crippen molar-refractivity contribution >= 4 is 29.1 Å². The number of halogens is 3. The van der Waals surface area contributed by atoms with Crippen LogP contribution in [0.4, 0.5) is 4.39 Å². The molecule has 3 rings (SSSR count). The first-order valence-corrected chi connectivity index (χ1v) is 8.36. The normalized spacial score (nSPS) is 13.0. The van der Waals surface area contributed by atoms with E-state index in [4.69, 9.17) is 32.7 Å². The van der Waals surface area contributed by atoms with Crippen molar-refractivity contribution in [2.45, 2.75) is 19.3 Å². The smallest absolute Gasteiger partial charge is 0.252 e. The largest absolute Gasteiger partial charge is 0.454 e. The average molecular weight is 384 g/mol. The molecule has 0 saturated carbocycles. The Balaban J connectivity index is 1.74. The van der Waals surface area contributed by atoms with Crippen LogP contribution in [0.5, 0.6) is 11.5 Å². The molecule has 1 heterocycles. The molecule has 4 nitrogen and oxygen atoms in total. The van der Waals surface area contributed by atoms with Gasteiger partial charge in [-0.2, -0.15) is 0 Å². The van der Waals surface area contributed by atoms with Crippen LogP contribution in [0.3, 0.4) is 0 Å². The Labute approximate surface area is 154 Å². The molecule has 0 bridgehead atoms. The number of fused-ring (bicyclic) bond motifs is 1. The van der Waals surface area contributed by atoms with Crippen molar-refractivity contribution in [3.8, 4) is 11.5 Å². The molecule has 0 aliphatic carbocycles. The number of hydrogen-bond acceptors (Lipinski definition) is 3. The number of nitrogens with one attached hydrogen (secondary N) is 1. The highest BCUT2D eigenvalue weighted by molar-refractivity contribution is 6.36. The average Bonchev–Trinajstić information content (AvgIpc) is 3.03. The predicted molar refractivity (Wildman–Crippen MR) is 94.3 cm³/mol. The summed E-state index contributed by atoms with van der Waals surface area (Å²) in [6.45, 7) is 4.49. The second-order valence-corrected chi connectivity index (χ2v) is 7.20. The lowest BCUT2D eigenvalue weighted by atomic mass is 9.84. The van der Waals surface area contributed by atoms with Gasteiger partial charge >= 0.3 is 0 Å². The number of ether oxygens (including phenoxy) is 2. The monoisotopic (exact) mass is 383 g/mol. The zero-order valence-corrected chi connectivity index (χ0v) is 15.2. The maximum absolute atomic E-state index is 13.6. The van der Waals surface area contributed by atoms with Crippen molar-refractivity contribution in [2.24, 2.45) is 0 Å². The summed E-state index contributed by atoms with van der Waals surface area (Å²) in [4.78, 5) is 12.3. The van der Waals surface area contributed by atoms with Gasteiger partial charge in [0, 0.05) is 12.0 Å². The van der Waals surface area contributed by atoms with Crippen LogP contribution in [0.15, 0.2) is 30.3 Å². The van der Waals surface area contributed by atoms with Gasteiger partial charge in [0.1, 0.15) is 5.82 Å². The Hall–Kier alpha value is -1.98. The van der Waals surface area contributed by atoms with Crippen molar-refractivity contribution in [3.63, 3.8) is 0 Å². The fourth-order valence-electron chi connectivity index (χ4n) is 2.51. The van der Waals surface area contributed by atoms with Crippen molar-refractivity contribution in [1.82, 2.24) is 5.32 Å². The third-order valence-corrected chi connectivity index (χ3v) is 4.70. The minimum Gasteiger partial charge on any atom is -0.454 e. The number of amides is 1. The minimum atomic E-state index is -0.689. The molecule has 2 aromatic rings. The lowest BCUT2D eigenvalue weighted by Crippen LogP contribution is -2.36. The number of carbonyl (C=O) groups is 1. The summed E-state index contributed by atoms with van der Waals surface area (Å²) in [6.07, 6.45) is 0. The van der Waals surface area contributed by atoms with Crippen LogP contribution in [0.2, 0.25) is 10.0 Å². The van der Waals surface area contributed by atoms with Gasteiger partial charge in [0.15, 0.2) is 11.5 Å². The number of hydrogen-bond donors (Lipinski definition) is 1. The molecular formula is C18H16Cl2FNO3. The highest BCUT2D eigenvalue weighted by Gasteiger charge is 2.25. The standard InChI is InChI=1S/C18H16Cl2FNO3/c1-18(2,10-3-4-15-16(5-10)25-9-24-15)8-22-17(23)11-6-14(21)13(20)7-12(11)19/h3-7H,8-9H2,1-2H3,(H,22,23). The van der Waals surface area contributed by atoms with Crippen molar-refractivity contribution in [1.29, 1.82) is 0 Å². The first-order chi connectivity index (χ1) is 11.8. The van der Waals surface area contributed by atoms with E-state index in [9.17, 15) is 9.18 Å². The molecule has 1 aliphatic heterocycles. The minimum absolute atomic E-state index is 0.0463. The highest BCUT2D eigenvalue weighted by atomic mass is 35.5. The second kappa shape index (κ2) is 6.73. The SMILES string of the molecule is CC(C)(CNC(=O)c1cc(F)c(Cl)cc1Cl)c1ccc2c(c1)OCO2. The van der Waals surface area contributed by atoms with E-state index in [1.54, 1.807) is 0 Å². The van der Waals surface area contributed by atoms with Crippen LogP contribution < -0.4 is 14.8 Å². The van der Waals surface area contributed by atoms with E-state index in [0.29, 0.717) is 18.0 Å². The van der Waals surface area contributed by atoms with E-state index in [0.717, 1.165) is 11.6 Å². The zero-order chi connectivity index (χ0) is 18.2. The molecule has 7 heteroatoms. The summed E-state index contributed by atoms with van der Waals surface area (Å²) in [5.41, 5.74) is 0.643. The molecule has 1 aliphatic rings. The van der Waals surface area contributed by atoms with E-state index >= 15 is 0 Å². The Morgan fingerprint density at radius 3 is 2.64 bits per heavy atom. The van der Waals surface area contributed by atoms with Gasteiger partial charge in [-0.15, -0.1) is 0 Å². The molecule has 25 heavy (non-hydrogen) atoms. The van der Waals surface area contributed by atoms with Crippen molar-refractivity contribution in [2.75, 3.05) is 13.3 Å². The molecule has 1 N–H and O–H groups in total. The van der Waals surface area contributed by atoms with E-state index in [1.165, 1.54) is 6.07 Å². The van der Waals surface area contributed by atoms with Crippen LogP contribution in [0.1, 0.15) is 29.8 Å². The third-order valence-electron chi connectivity index (χ3n) is 4.10. The number of rotatable bonds is 4. The van der Waals surface area contributed by atoms with Gasteiger partial charge < -0.3 is 14.8 Å². The molecule has 0 fully saturated rings. The molecule has 1 amide bonds. The van der Waals surface area contributed by atoms with Crippen molar-refractivity contribution < 1.29 is 18.7 Å². The summed E-state index contributed by atoms with van der Waals surface area (Å²) in [6, 6.07) is 7.91. The number of carbonyl (C=O) groups excluding carboxylic acids is 1. The summed E-state index contributed by atoms with van der Waals surface area (Å²) in [5.74, 6) is 0.229. The maximum Gasteiger partial charge on any atom is 0.252 e. The van der Waals surface area contributed by atoms with Gasteiger partial charge in [-0.25, -0.2) is 4.39 Å². The van der Waals surface area contributed by atoms with E-state index < -0.39 is 11.7 Å². The van der Waals surface area contributed by atoms with Crippen LogP contribution in [-0.4, -0.2) is 19.2 Å². The van der Waals surface area contributed by atoms with E-state index in [1.807, 2.05) is 32.0 Å². The summed E-state index contributed by atoms with van der Waals surface area (Å²) < 4.78 is 24.3. The van der Waals surface area contributed by atoms with Gasteiger partial charge in [0.25, 0.3) is 5.91 Å². The molecule has 0 spiro atoms. The van der Waals surface area contributed by atoms with Crippen LogP contribution in [0.25, 0.3) is 0 Å². The highest BCUT2D eigenvalue weighted by Crippen LogP contribution is 2.36. The first-order valence-electron chi connectivity index (χ1n) is 7.61. The molecule has 0 aromatic heterocycles. The van der Waals surface area contributed by atoms with E-state index in [2.05, 4.69) is 5.32 Å². The Bertz CT molecular complexity index is 839. The zero-order valence-electron chi connectivity index (χ0n) is 13.7. The second-order valence-electron chi connectivity index (χ2n) is 6.38. The van der Waals surface area contributed by atoms with Gasteiger partial charge in [-0.3, -0.25) is 4.79 Å². The molecule has 2 aromatic carbocycles. The third kappa shape index (κ3) is 3.67. The van der Waals surface area contributed by atoms with Gasteiger partial charge in [-0.05, 0) is 29.8 Å². The summed E-state index contributed by atoms with van der Waals surface area (Å²) in [7, 11) is 0. The van der Waals surface area contributed by atoms with Crippen LogP contribution in [-0.2, 0) is 5.41 Å². The van der Waals surface area contributed by atoms with Crippen LogP contribution >= 0.6 is 23.2 Å². The predicted octanol–water partition coefficient (Wildman–Crippen LogP) is 4.57. The Morgan fingerprint density at radius 1 is 1.16 bits per heavy atom. The number of benzene rings is 2. The fourth-order valence-corrected chi connectivity index (χ4v) is 2.98. The summed E-state index contributed by atoms with van der Waals surface area (Å²) in [5, 5.41) is 2.77. The molecule has 0 radical (unpaired) electrons. The lowest BCUT2D eigenvalue weighted by molar-refractivity contribution is 0.0945. The quantitative estimate of drug-likeness (QED) is 0.786. The first kappa shape index (κ1) is 17.8. The van der Waals surface area contributed by atoms with Crippen molar-refractivity contribution in [3.05, 3.63) is 57.3 Å². The molecule has 0 unspecified atom stereocenters.